The molecule has 2 aromatic rings. The van der Waals surface area contributed by atoms with Crippen LogP contribution < -0.4 is 0 Å². The first-order valence-electron chi connectivity index (χ1n) is 5.06. The van der Waals surface area contributed by atoms with Crippen LogP contribution in [0, 0.1) is 0 Å². The van der Waals surface area contributed by atoms with Crippen molar-refractivity contribution in [2.24, 2.45) is 0 Å². The van der Waals surface area contributed by atoms with Crippen molar-refractivity contribution in [1.29, 1.82) is 0 Å². The number of aromatic nitrogens is 2. The molecule has 19 heavy (non-hydrogen) atoms. The van der Waals surface area contributed by atoms with Crippen LogP contribution in [0.15, 0.2) is 35.1 Å². The standard InChI is InChI=1S/C12H6BrF3N2O/c13-8-1-2-9(10(3-8)12(14,15)16)11-17-4-7(6-19)5-18-11/h1-6H. The summed E-state index contributed by atoms with van der Waals surface area (Å²) in [6, 6.07) is 3.72. The molecular weight excluding hydrogens is 325 g/mol. The quantitative estimate of drug-likeness (QED) is 0.788. The molecule has 1 aromatic heterocycles. The molecular formula is C12H6BrF3N2O. The van der Waals surface area contributed by atoms with Crippen molar-refractivity contribution in [2.45, 2.75) is 6.18 Å². The number of rotatable bonds is 2. The molecule has 98 valence electrons. The second-order valence-electron chi connectivity index (χ2n) is 3.65. The summed E-state index contributed by atoms with van der Waals surface area (Å²) in [5.74, 6) is -0.0783. The molecule has 1 heterocycles. The van der Waals surface area contributed by atoms with Gasteiger partial charge in [-0.05, 0) is 18.2 Å². The molecule has 1 aromatic carbocycles. The third-order valence-electron chi connectivity index (χ3n) is 2.34. The first-order chi connectivity index (χ1) is 8.91. The van der Waals surface area contributed by atoms with Gasteiger partial charge < -0.3 is 0 Å². The van der Waals surface area contributed by atoms with Crippen molar-refractivity contribution >= 4 is 22.2 Å². The molecule has 2 rings (SSSR count). The van der Waals surface area contributed by atoms with E-state index >= 15 is 0 Å². The first-order valence-corrected chi connectivity index (χ1v) is 5.85. The number of nitrogens with zero attached hydrogens (tertiary/aromatic N) is 2. The summed E-state index contributed by atoms with van der Waals surface area (Å²) in [6.07, 6.45) is -1.63. The van der Waals surface area contributed by atoms with Crippen LogP contribution in [0.1, 0.15) is 15.9 Å². The van der Waals surface area contributed by atoms with E-state index in [2.05, 4.69) is 25.9 Å². The van der Waals surface area contributed by atoms with E-state index in [1.165, 1.54) is 24.5 Å². The van der Waals surface area contributed by atoms with Crippen LogP contribution in [0.3, 0.4) is 0 Å². The van der Waals surface area contributed by atoms with Crippen molar-refractivity contribution in [3.8, 4) is 11.4 Å². The van der Waals surface area contributed by atoms with Gasteiger partial charge in [0, 0.05) is 22.4 Å². The average molecular weight is 331 g/mol. The molecule has 0 aliphatic heterocycles. The summed E-state index contributed by atoms with van der Waals surface area (Å²) in [5.41, 5.74) is -0.761. The van der Waals surface area contributed by atoms with Crippen molar-refractivity contribution in [2.75, 3.05) is 0 Å². The molecule has 0 aliphatic rings. The van der Waals surface area contributed by atoms with Gasteiger partial charge in [0.2, 0.25) is 0 Å². The van der Waals surface area contributed by atoms with Gasteiger partial charge in [0.1, 0.15) is 0 Å². The smallest absolute Gasteiger partial charge is 0.298 e. The lowest BCUT2D eigenvalue weighted by molar-refractivity contribution is -0.137. The van der Waals surface area contributed by atoms with E-state index in [0.29, 0.717) is 10.8 Å². The maximum Gasteiger partial charge on any atom is 0.417 e. The highest BCUT2D eigenvalue weighted by Gasteiger charge is 2.34. The molecule has 0 fully saturated rings. The fourth-order valence-electron chi connectivity index (χ4n) is 1.48. The lowest BCUT2D eigenvalue weighted by Crippen LogP contribution is -2.08. The molecule has 7 heteroatoms. The molecule has 3 nitrogen and oxygen atoms in total. The van der Waals surface area contributed by atoms with Gasteiger partial charge in [0.25, 0.3) is 0 Å². The fourth-order valence-corrected chi connectivity index (χ4v) is 1.85. The number of carbonyl (C=O) groups excluding carboxylic acids is 1. The largest absolute Gasteiger partial charge is 0.417 e. The highest BCUT2D eigenvalue weighted by atomic mass is 79.9. The lowest BCUT2D eigenvalue weighted by Gasteiger charge is -2.12. The van der Waals surface area contributed by atoms with Gasteiger partial charge in [0.15, 0.2) is 12.1 Å². The van der Waals surface area contributed by atoms with Gasteiger partial charge in [-0.15, -0.1) is 0 Å². The second kappa shape index (κ2) is 5.08. The zero-order chi connectivity index (χ0) is 14.0. The van der Waals surface area contributed by atoms with Crippen LogP contribution in [0.4, 0.5) is 13.2 Å². The fraction of sp³-hybridized carbons (Fsp3) is 0.0833. The summed E-state index contributed by atoms with van der Waals surface area (Å²) in [6.45, 7) is 0. The van der Waals surface area contributed by atoms with E-state index in [1.54, 1.807) is 0 Å². The number of hydrogen-bond acceptors (Lipinski definition) is 3. The maximum absolute atomic E-state index is 12.9. The minimum absolute atomic E-state index is 0.0783. The van der Waals surface area contributed by atoms with Crippen LogP contribution in [-0.2, 0) is 6.18 Å². The Hall–Kier alpha value is -1.76. The van der Waals surface area contributed by atoms with Crippen molar-refractivity contribution in [3.63, 3.8) is 0 Å². The van der Waals surface area contributed by atoms with E-state index in [1.807, 2.05) is 0 Å². The van der Waals surface area contributed by atoms with Crippen LogP contribution in [0.25, 0.3) is 11.4 Å². The molecule has 0 unspecified atom stereocenters. The Bertz CT molecular complexity index is 611. The number of benzene rings is 1. The van der Waals surface area contributed by atoms with Crippen molar-refractivity contribution in [3.05, 3.63) is 46.2 Å². The van der Waals surface area contributed by atoms with E-state index in [-0.39, 0.29) is 17.0 Å². The molecule has 0 N–H and O–H groups in total. The summed E-state index contributed by atoms with van der Waals surface area (Å²) < 4.78 is 39.1. The average Bonchev–Trinajstić information content (AvgIpc) is 2.38. The van der Waals surface area contributed by atoms with Crippen molar-refractivity contribution in [1.82, 2.24) is 9.97 Å². The van der Waals surface area contributed by atoms with E-state index in [0.717, 1.165) is 6.07 Å². The zero-order valence-corrected chi connectivity index (χ0v) is 10.9. The number of carbonyl (C=O) groups is 1. The predicted molar refractivity (Wildman–Crippen MR) is 65.6 cm³/mol. The SMILES string of the molecule is O=Cc1cnc(-c2ccc(Br)cc2C(F)(F)F)nc1. The Morgan fingerprint density at radius 1 is 1.16 bits per heavy atom. The molecule has 0 bridgehead atoms. The zero-order valence-electron chi connectivity index (χ0n) is 9.28. The van der Waals surface area contributed by atoms with Crippen molar-refractivity contribution < 1.29 is 18.0 Å². The summed E-state index contributed by atoms with van der Waals surface area (Å²) in [7, 11) is 0. The normalized spacial score (nSPS) is 11.4. The Morgan fingerprint density at radius 3 is 2.32 bits per heavy atom. The molecule has 0 radical (unpaired) electrons. The van der Waals surface area contributed by atoms with Crippen LogP contribution >= 0.6 is 15.9 Å². The molecule has 0 spiro atoms. The number of alkyl halides is 3. The van der Waals surface area contributed by atoms with Gasteiger partial charge in [0.05, 0.1) is 11.1 Å². The minimum Gasteiger partial charge on any atom is -0.298 e. The molecule has 0 saturated carbocycles. The van der Waals surface area contributed by atoms with Crippen LogP contribution in [0.5, 0.6) is 0 Å². The van der Waals surface area contributed by atoms with Gasteiger partial charge >= 0.3 is 6.18 Å². The van der Waals surface area contributed by atoms with Gasteiger partial charge in [-0.2, -0.15) is 13.2 Å². The summed E-state index contributed by atoms with van der Waals surface area (Å²) >= 11 is 3.00. The Morgan fingerprint density at radius 2 is 1.79 bits per heavy atom. The van der Waals surface area contributed by atoms with Gasteiger partial charge in [-0.25, -0.2) is 9.97 Å². The van der Waals surface area contributed by atoms with Gasteiger partial charge in [-0.3, -0.25) is 4.79 Å². The van der Waals surface area contributed by atoms with E-state index in [9.17, 15) is 18.0 Å². The highest BCUT2D eigenvalue weighted by Crippen LogP contribution is 2.37. The van der Waals surface area contributed by atoms with E-state index in [4.69, 9.17) is 0 Å². The topological polar surface area (TPSA) is 42.9 Å². The second-order valence-corrected chi connectivity index (χ2v) is 4.56. The monoisotopic (exact) mass is 330 g/mol. The number of halogens is 4. The lowest BCUT2D eigenvalue weighted by atomic mass is 10.1. The Balaban J connectivity index is 2.57. The summed E-state index contributed by atoms with van der Waals surface area (Å²) in [4.78, 5) is 18.0. The third kappa shape index (κ3) is 2.98. The number of hydrogen-bond donors (Lipinski definition) is 0. The molecule has 0 saturated heterocycles. The van der Waals surface area contributed by atoms with Crippen LogP contribution in [-0.4, -0.2) is 16.3 Å². The molecule has 0 amide bonds. The third-order valence-corrected chi connectivity index (χ3v) is 2.83. The Labute approximate surface area is 114 Å². The first kappa shape index (κ1) is 13.7. The van der Waals surface area contributed by atoms with Crippen LogP contribution in [0.2, 0.25) is 0 Å². The van der Waals surface area contributed by atoms with Gasteiger partial charge in [-0.1, -0.05) is 15.9 Å². The molecule has 0 atom stereocenters. The predicted octanol–water partition coefficient (Wildman–Crippen LogP) is 3.74. The number of aldehydes is 1. The molecule has 0 aliphatic carbocycles. The summed E-state index contributed by atoms with van der Waals surface area (Å²) in [5, 5.41) is 0. The van der Waals surface area contributed by atoms with E-state index < -0.39 is 11.7 Å². The highest BCUT2D eigenvalue weighted by molar-refractivity contribution is 9.10. The minimum atomic E-state index is -4.51. The Kier molecular flexibility index (Phi) is 3.66. The maximum atomic E-state index is 12.9.